The van der Waals surface area contributed by atoms with E-state index in [4.69, 9.17) is 4.74 Å². The van der Waals surface area contributed by atoms with E-state index in [1.54, 1.807) is 13.1 Å². The predicted molar refractivity (Wildman–Crippen MR) is 76.6 cm³/mol. The van der Waals surface area contributed by atoms with Gasteiger partial charge in [-0.2, -0.15) is 0 Å². The number of carbonyl (C=O) groups excluding carboxylic acids is 1. The highest BCUT2D eigenvalue weighted by atomic mass is 19.1. The van der Waals surface area contributed by atoms with Gasteiger partial charge in [0.15, 0.2) is 0 Å². The van der Waals surface area contributed by atoms with Gasteiger partial charge in [0.05, 0.1) is 19.3 Å². The maximum absolute atomic E-state index is 13.1. The zero-order valence-corrected chi connectivity index (χ0v) is 12.2. The first-order valence-electron chi connectivity index (χ1n) is 7.05. The van der Waals surface area contributed by atoms with Crippen LogP contribution in [0, 0.1) is 5.82 Å². The Balaban J connectivity index is 1.85. The first-order valence-corrected chi connectivity index (χ1v) is 7.05. The first-order chi connectivity index (χ1) is 10.1. The van der Waals surface area contributed by atoms with Crippen molar-refractivity contribution in [2.45, 2.75) is 6.10 Å². The number of nitrogens with zero attached hydrogens (tertiary/aromatic N) is 2. The van der Waals surface area contributed by atoms with Gasteiger partial charge in [-0.05, 0) is 18.2 Å². The molecule has 0 aliphatic carbocycles. The number of amides is 1. The molecule has 0 aromatic heterocycles. The molecule has 1 atom stereocenters. The second-order valence-electron chi connectivity index (χ2n) is 5.26. The monoisotopic (exact) mass is 296 g/mol. The van der Waals surface area contributed by atoms with Crippen molar-refractivity contribution in [3.63, 3.8) is 0 Å². The number of carbonyl (C=O) groups is 1. The zero-order valence-electron chi connectivity index (χ0n) is 12.2. The summed E-state index contributed by atoms with van der Waals surface area (Å²) in [5.41, 5.74) is 0.288. The molecular formula is C15H21FN2O3. The molecule has 1 amide bonds. The van der Waals surface area contributed by atoms with Crippen LogP contribution >= 0.6 is 0 Å². The molecule has 6 heteroatoms. The number of hydrogen-bond donors (Lipinski definition) is 1. The summed E-state index contributed by atoms with van der Waals surface area (Å²) in [6.07, 6.45) is -0.634. The molecule has 116 valence electrons. The maximum Gasteiger partial charge on any atom is 0.253 e. The molecule has 1 saturated heterocycles. The summed E-state index contributed by atoms with van der Waals surface area (Å²) >= 11 is 0. The lowest BCUT2D eigenvalue weighted by Crippen LogP contribution is -2.45. The van der Waals surface area contributed by atoms with Crippen LogP contribution in [-0.4, -0.2) is 73.4 Å². The minimum absolute atomic E-state index is 0.215. The summed E-state index contributed by atoms with van der Waals surface area (Å²) in [4.78, 5) is 15.7. The van der Waals surface area contributed by atoms with Crippen molar-refractivity contribution < 1.29 is 19.0 Å². The van der Waals surface area contributed by atoms with Gasteiger partial charge in [-0.1, -0.05) is 6.07 Å². The SMILES string of the molecule is CN(CC(O)CN1CCOCC1)C(=O)c1cccc(F)c1. The van der Waals surface area contributed by atoms with Crippen molar-refractivity contribution in [3.8, 4) is 0 Å². The van der Waals surface area contributed by atoms with Crippen LogP contribution in [0.25, 0.3) is 0 Å². The number of hydrogen-bond acceptors (Lipinski definition) is 4. The van der Waals surface area contributed by atoms with Gasteiger partial charge in [0.25, 0.3) is 5.91 Å². The van der Waals surface area contributed by atoms with E-state index in [0.717, 1.165) is 13.1 Å². The molecule has 1 aromatic carbocycles. The fourth-order valence-corrected chi connectivity index (χ4v) is 2.38. The number of aliphatic hydroxyl groups is 1. The number of β-amino-alcohol motifs (C(OH)–C–C–N with tert-alkyl or cyclic N) is 1. The van der Waals surface area contributed by atoms with E-state index in [2.05, 4.69) is 4.90 Å². The van der Waals surface area contributed by atoms with E-state index in [0.29, 0.717) is 19.8 Å². The molecular weight excluding hydrogens is 275 g/mol. The van der Waals surface area contributed by atoms with Crippen molar-refractivity contribution in [3.05, 3.63) is 35.6 Å². The van der Waals surface area contributed by atoms with E-state index in [1.165, 1.54) is 23.1 Å². The van der Waals surface area contributed by atoms with Gasteiger partial charge < -0.3 is 14.7 Å². The van der Waals surface area contributed by atoms with E-state index in [1.807, 2.05) is 0 Å². The average Bonchev–Trinajstić information content (AvgIpc) is 2.47. The number of ether oxygens (including phenoxy) is 1. The van der Waals surface area contributed by atoms with Gasteiger partial charge in [-0.15, -0.1) is 0 Å². The molecule has 2 rings (SSSR count). The van der Waals surface area contributed by atoms with E-state index in [-0.39, 0.29) is 18.0 Å². The smallest absolute Gasteiger partial charge is 0.253 e. The van der Waals surface area contributed by atoms with Gasteiger partial charge in [-0.3, -0.25) is 9.69 Å². The number of likely N-dealkylation sites (N-methyl/N-ethyl adjacent to an activating group) is 1. The largest absolute Gasteiger partial charge is 0.390 e. The second-order valence-corrected chi connectivity index (χ2v) is 5.26. The number of morpholine rings is 1. The quantitative estimate of drug-likeness (QED) is 0.864. The first kappa shape index (κ1) is 15.9. The summed E-state index contributed by atoms with van der Waals surface area (Å²) in [5.74, 6) is -0.737. The Hall–Kier alpha value is -1.50. The van der Waals surface area contributed by atoms with Crippen LogP contribution in [0.3, 0.4) is 0 Å². The van der Waals surface area contributed by atoms with Crippen LogP contribution in [0.4, 0.5) is 4.39 Å². The zero-order chi connectivity index (χ0) is 15.2. The van der Waals surface area contributed by atoms with Crippen LogP contribution in [0.2, 0.25) is 0 Å². The van der Waals surface area contributed by atoms with Crippen LogP contribution in [0.1, 0.15) is 10.4 Å². The Bertz CT molecular complexity index is 478. The third kappa shape index (κ3) is 4.77. The fourth-order valence-electron chi connectivity index (χ4n) is 2.38. The van der Waals surface area contributed by atoms with Crippen LogP contribution < -0.4 is 0 Å². The standard InChI is InChI=1S/C15H21FN2O3/c1-17(15(20)12-3-2-4-13(16)9-12)10-14(19)11-18-5-7-21-8-6-18/h2-4,9,14,19H,5-8,10-11H2,1H3. The lowest BCUT2D eigenvalue weighted by atomic mass is 10.2. The van der Waals surface area contributed by atoms with Crippen LogP contribution in [0.5, 0.6) is 0 Å². The molecule has 1 N–H and O–H groups in total. The molecule has 1 aliphatic heterocycles. The van der Waals surface area contributed by atoms with Gasteiger partial charge in [0.1, 0.15) is 5.82 Å². The molecule has 0 spiro atoms. The molecule has 21 heavy (non-hydrogen) atoms. The lowest BCUT2D eigenvalue weighted by Gasteiger charge is -2.30. The van der Waals surface area contributed by atoms with Crippen LogP contribution in [-0.2, 0) is 4.74 Å². The van der Waals surface area contributed by atoms with Crippen molar-refractivity contribution in [2.75, 3.05) is 46.4 Å². The minimum atomic E-state index is -0.634. The van der Waals surface area contributed by atoms with Gasteiger partial charge in [0.2, 0.25) is 0 Å². The Morgan fingerprint density at radius 3 is 2.86 bits per heavy atom. The van der Waals surface area contributed by atoms with Gasteiger partial charge >= 0.3 is 0 Å². The summed E-state index contributed by atoms with van der Waals surface area (Å²) in [6, 6.07) is 5.56. The molecule has 1 aromatic rings. The molecule has 0 bridgehead atoms. The molecule has 1 fully saturated rings. The highest BCUT2D eigenvalue weighted by molar-refractivity contribution is 5.94. The maximum atomic E-state index is 13.1. The molecule has 1 aliphatic rings. The minimum Gasteiger partial charge on any atom is -0.390 e. The molecule has 1 unspecified atom stereocenters. The highest BCUT2D eigenvalue weighted by Gasteiger charge is 2.19. The van der Waals surface area contributed by atoms with Crippen molar-refractivity contribution in [1.29, 1.82) is 0 Å². The number of halogens is 1. The summed E-state index contributed by atoms with van der Waals surface area (Å²) in [6.45, 7) is 3.64. The molecule has 1 heterocycles. The third-order valence-electron chi connectivity index (χ3n) is 3.48. The number of benzene rings is 1. The third-order valence-corrected chi connectivity index (χ3v) is 3.48. The van der Waals surface area contributed by atoms with Gasteiger partial charge in [-0.25, -0.2) is 4.39 Å². The van der Waals surface area contributed by atoms with Gasteiger partial charge in [0, 0.05) is 38.8 Å². The predicted octanol–water partition coefficient (Wildman–Crippen LogP) is 0.591. The second kappa shape index (κ2) is 7.49. The fraction of sp³-hybridized carbons (Fsp3) is 0.533. The Kier molecular flexibility index (Phi) is 5.67. The van der Waals surface area contributed by atoms with E-state index in [9.17, 15) is 14.3 Å². The Labute approximate surface area is 123 Å². The molecule has 5 nitrogen and oxygen atoms in total. The topological polar surface area (TPSA) is 53.0 Å². The molecule has 0 saturated carbocycles. The van der Waals surface area contributed by atoms with E-state index >= 15 is 0 Å². The Morgan fingerprint density at radius 1 is 1.48 bits per heavy atom. The van der Waals surface area contributed by atoms with Crippen molar-refractivity contribution in [1.82, 2.24) is 9.80 Å². The van der Waals surface area contributed by atoms with Crippen LogP contribution in [0.15, 0.2) is 24.3 Å². The summed E-state index contributed by atoms with van der Waals surface area (Å²) < 4.78 is 18.4. The summed E-state index contributed by atoms with van der Waals surface area (Å²) in [7, 11) is 1.61. The van der Waals surface area contributed by atoms with E-state index < -0.39 is 11.9 Å². The number of aliphatic hydroxyl groups excluding tert-OH is 1. The number of rotatable bonds is 5. The highest BCUT2D eigenvalue weighted by Crippen LogP contribution is 2.07. The van der Waals surface area contributed by atoms with Crippen molar-refractivity contribution >= 4 is 5.91 Å². The Morgan fingerprint density at radius 2 is 2.19 bits per heavy atom. The molecule has 0 radical (unpaired) electrons. The normalized spacial score (nSPS) is 17.5. The summed E-state index contributed by atoms with van der Waals surface area (Å²) in [5, 5.41) is 10.1. The van der Waals surface area contributed by atoms with Crippen molar-refractivity contribution in [2.24, 2.45) is 0 Å². The lowest BCUT2D eigenvalue weighted by molar-refractivity contribution is 0.00878. The average molecular weight is 296 g/mol.